The van der Waals surface area contributed by atoms with Gasteiger partial charge in [0.2, 0.25) is 5.91 Å². The average Bonchev–Trinajstić information content (AvgIpc) is 3.21. The van der Waals surface area contributed by atoms with Crippen molar-refractivity contribution >= 4 is 39.9 Å². The lowest BCUT2D eigenvalue weighted by Gasteiger charge is -2.26. The van der Waals surface area contributed by atoms with E-state index in [2.05, 4.69) is 4.98 Å². The number of aliphatic hydroxyl groups is 1. The molecule has 0 bridgehead atoms. The minimum atomic E-state index is -1.05. The van der Waals surface area contributed by atoms with Crippen LogP contribution in [0.4, 0.5) is 5.13 Å². The van der Waals surface area contributed by atoms with Crippen molar-refractivity contribution in [1.29, 1.82) is 0 Å². The molecule has 162 valence electrons. The van der Waals surface area contributed by atoms with Gasteiger partial charge in [-0.15, -0.1) is 11.3 Å². The van der Waals surface area contributed by atoms with Crippen LogP contribution in [0.5, 0.6) is 0 Å². The number of nitrogens with zero attached hydrogens (tertiary/aromatic N) is 2. The molecule has 0 saturated heterocycles. The summed E-state index contributed by atoms with van der Waals surface area (Å²) in [7, 11) is 0. The monoisotopic (exact) mass is 458 g/mol. The van der Waals surface area contributed by atoms with Crippen LogP contribution in [-0.4, -0.2) is 39.7 Å². The minimum Gasteiger partial charge on any atom is -0.481 e. The second-order valence-corrected chi connectivity index (χ2v) is 8.52. The lowest BCUT2D eigenvalue weighted by molar-refractivity contribution is -0.140. The quantitative estimate of drug-likeness (QED) is 0.492. The lowest BCUT2D eigenvalue weighted by Crippen LogP contribution is -2.41. The Hall–Kier alpha value is -2.74. The summed E-state index contributed by atoms with van der Waals surface area (Å²) in [5, 5.41) is 22.1. The van der Waals surface area contributed by atoms with E-state index < -0.39 is 18.0 Å². The van der Waals surface area contributed by atoms with Crippen molar-refractivity contribution in [3.8, 4) is 11.3 Å². The molecule has 2 aromatic carbocycles. The summed E-state index contributed by atoms with van der Waals surface area (Å²) in [6.07, 6.45) is -0.837. The molecule has 1 unspecified atom stereocenters. The minimum absolute atomic E-state index is 0.0131. The topological polar surface area (TPSA) is 90.7 Å². The van der Waals surface area contributed by atoms with E-state index in [1.807, 2.05) is 48.5 Å². The fourth-order valence-electron chi connectivity index (χ4n) is 3.28. The summed E-state index contributed by atoms with van der Waals surface area (Å²) in [5.41, 5.74) is 2.23. The van der Waals surface area contributed by atoms with Crippen molar-refractivity contribution in [3.63, 3.8) is 0 Å². The molecule has 0 aliphatic carbocycles. The highest BCUT2D eigenvalue weighted by atomic mass is 35.5. The number of benzene rings is 2. The van der Waals surface area contributed by atoms with E-state index in [4.69, 9.17) is 11.6 Å². The molecule has 1 heterocycles. The number of aromatic nitrogens is 1. The molecule has 3 rings (SSSR count). The van der Waals surface area contributed by atoms with Gasteiger partial charge in [0.15, 0.2) is 5.13 Å². The van der Waals surface area contributed by atoms with Crippen LogP contribution in [0.15, 0.2) is 60.0 Å². The average molecular weight is 459 g/mol. The molecule has 0 fully saturated rings. The Kier molecular flexibility index (Phi) is 7.79. The number of amides is 1. The number of aliphatic carboxylic acids is 1. The van der Waals surface area contributed by atoms with Crippen LogP contribution in [-0.2, 0) is 16.0 Å². The summed E-state index contributed by atoms with van der Waals surface area (Å²) >= 11 is 7.52. The molecule has 3 aromatic rings. The van der Waals surface area contributed by atoms with Crippen LogP contribution in [0.25, 0.3) is 11.3 Å². The number of carbonyl (C=O) groups excluding carboxylic acids is 1. The first-order valence-electron chi connectivity index (χ1n) is 9.80. The molecule has 0 aliphatic heterocycles. The number of aliphatic hydroxyl groups excluding tert-OH is 1. The van der Waals surface area contributed by atoms with Crippen molar-refractivity contribution in [3.05, 3.63) is 70.6 Å². The van der Waals surface area contributed by atoms with Gasteiger partial charge in [-0.25, -0.2) is 4.98 Å². The maximum absolute atomic E-state index is 13.4. The molecule has 1 aromatic heterocycles. The Morgan fingerprint density at radius 2 is 1.81 bits per heavy atom. The van der Waals surface area contributed by atoms with Crippen molar-refractivity contribution in [1.82, 2.24) is 4.98 Å². The second kappa shape index (κ2) is 10.5. The zero-order chi connectivity index (χ0) is 22.4. The Bertz CT molecular complexity index is 1040. The third kappa shape index (κ3) is 6.13. The normalized spacial score (nSPS) is 12.9. The second-order valence-electron chi connectivity index (χ2n) is 7.28. The standard InChI is InChI=1S/C23H23ClN2O4S/c1-15(27)13-26(23-25-20(14-31-23)18-9-5-6-10-19(18)24)22(30)17(12-21(28)29)11-16-7-3-2-4-8-16/h2-10,14-15,17,27H,11-13H2,1H3,(H,28,29)/t15-,17?/m1/s1. The smallest absolute Gasteiger partial charge is 0.304 e. The fraction of sp³-hybridized carbons (Fsp3) is 0.261. The molecule has 2 atom stereocenters. The van der Waals surface area contributed by atoms with E-state index in [0.717, 1.165) is 11.1 Å². The number of carboxylic acid groups (broad SMARTS) is 1. The summed E-state index contributed by atoms with van der Waals surface area (Å²) in [4.78, 5) is 30.8. The van der Waals surface area contributed by atoms with Crippen LogP contribution >= 0.6 is 22.9 Å². The van der Waals surface area contributed by atoms with Gasteiger partial charge in [-0.3, -0.25) is 14.5 Å². The van der Waals surface area contributed by atoms with E-state index in [0.29, 0.717) is 15.8 Å². The SMILES string of the molecule is C[C@@H](O)CN(C(=O)C(CC(=O)O)Cc1ccccc1)c1nc(-c2ccccc2Cl)cs1. The number of hydrogen-bond donors (Lipinski definition) is 2. The van der Waals surface area contributed by atoms with Gasteiger partial charge >= 0.3 is 5.97 Å². The maximum Gasteiger partial charge on any atom is 0.304 e. The zero-order valence-electron chi connectivity index (χ0n) is 16.9. The van der Waals surface area contributed by atoms with Gasteiger partial charge in [-0.05, 0) is 25.0 Å². The first-order valence-corrected chi connectivity index (χ1v) is 11.1. The Balaban J connectivity index is 1.92. The lowest BCUT2D eigenvalue weighted by atomic mass is 9.94. The summed E-state index contributed by atoms with van der Waals surface area (Å²) < 4.78 is 0. The van der Waals surface area contributed by atoms with Crippen LogP contribution in [0.3, 0.4) is 0 Å². The van der Waals surface area contributed by atoms with Crippen LogP contribution in [0.1, 0.15) is 18.9 Å². The first kappa shape index (κ1) is 22.9. The first-order chi connectivity index (χ1) is 14.8. The van der Waals surface area contributed by atoms with E-state index in [1.165, 1.54) is 16.2 Å². The van der Waals surface area contributed by atoms with Crippen molar-refractivity contribution < 1.29 is 19.8 Å². The predicted octanol–water partition coefficient (Wildman–Crippen LogP) is 4.51. The highest BCUT2D eigenvalue weighted by Gasteiger charge is 2.30. The van der Waals surface area contributed by atoms with E-state index >= 15 is 0 Å². The summed E-state index contributed by atoms with van der Waals surface area (Å²) in [6.45, 7) is 1.59. The largest absolute Gasteiger partial charge is 0.481 e. The van der Waals surface area contributed by atoms with Crippen LogP contribution in [0.2, 0.25) is 5.02 Å². The molecule has 8 heteroatoms. The van der Waals surface area contributed by atoms with Crippen LogP contribution < -0.4 is 4.90 Å². The third-order valence-electron chi connectivity index (χ3n) is 4.68. The van der Waals surface area contributed by atoms with Crippen molar-refractivity contribution in [2.45, 2.75) is 25.9 Å². The number of anilines is 1. The number of thiazole rings is 1. The number of carbonyl (C=O) groups is 2. The molecule has 0 spiro atoms. The predicted molar refractivity (Wildman–Crippen MR) is 122 cm³/mol. The van der Waals surface area contributed by atoms with Gasteiger partial charge in [-0.1, -0.05) is 60.1 Å². The van der Waals surface area contributed by atoms with Gasteiger partial charge in [-0.2, -0.15) is 0 Å². The van der Waals surface area contributed by atoms with E-state index in [9.17, 15) is 19.8 Å². The molecular weight excluding hydrogens is 436 g/mol. The van der Waals surface area contributed by atoms with Crippen molar-refractivity contribution in [2.24, 2.45) is 5.92 Å². The van der Waals surface area contributed by atoms with Crippen molar-refractivity contribution in [2.75, 3.05) is 11.4 Å². The number of halogens is 1. The molecular formula is C23H23ClN2O4S. The Morgan fingerprint density at radius 1 is 1.13 bits per heavy atom. The molecule has 0 radical (unpaired) electrons. The Labute approximate surface area is 189 Å². The highest BCUT2D eigenvalue weighted by Crippen LogP contribution is 2.33. The summed E-state index contributed by atoms with van der Waals surface area (Å²) in [5.74, 6) is -2.22. The van der Waals surface area contributed by atoms with Gasteiger partial charge < -0.3 is 10.2 Å². The number of rotatable bonds is 9. The van der Waals surface area contributed by atoms with Gasteiger partial charge in [0.1, 0.15) is 0 Å². The molecule has 0 aliphatic rings. The van der Waals surface area contributed by atoms with Gasteiger partial charge in [0.05, 0.1) is 30.7 Å². The fourth-order valence-corrected chi connectivity index (χ4v) is 4.36. The maximum atomic E-state index is 13.4. The van der Waals surface area contributed by atoms with Crippen LogP contribution in [0, 0.1) is 5.92 Å². The Morgan fingerprint density at radius 3 is 2.45 bits per heavy atom. The number of carboxylic acids is 1. The molecule has 31 heavy (non-hydrogen) atoms. The molecule has 0 saturated carbocycles. The third-order valence-corrected chi connectivity index (χ3v) is 5.87. The molecule has 2 N–H and O–H groups in total. The summed E-state index contributed by atoms with van der Waals surface area (Å²) in [6, 6.07) is 16.6. The van der Waals surface area contributed by atoms with E-state index in [-0.39, 0.29) is 25.3 Å². The van der Waals surface area contributed by atoms with E-state index in [1.54, 1.807) is 18.4 Å². The van der Waals surface area contributed by atoms with Gasteiger partial charge in [0.25, 0.3) is 0 Å². The van der Waals surface area contributed by atoms with Gasteiger partial charge in [0, 0.05) is 16.0 Å². The zero-order valence-corrected chi connectivity index (χ0v) is 18.5. The number of hydrogen-bond acceptors (Lipinski definition) is 5. The molecule has 6 nitrogen and oxygen atoms in total. The molecule has 1 amide bonds. The highest BCUT2D eigenvalue weighted by molar-refractivity contribution is 7.14.